The zero-order valence-electron chi connectivity index (χ0n) is 18.3. The van der Waals surface area contributed by atoms with Gasteiger partial charge in [0.05, 0.1) is 10.9 Å². The molecule has 32 heavy (non-hydrogen) atoms. The van der Waals surface area contributed by atoms with Gasteiger partial charge in [-0.15, -0.1) is 10.2 Å². The Hall–Kier alpha value is -3.45. The number of amides is 1. The standard InChI is InChI=1S/C25H25N5OS/c1-4-29(21-13-6-5-7-14-21)24(31)19(3)32-25-28-27-23(20-12-10-16-26-17-20)30(25)22-15-9-8-11-18(22)2/h5-17,19H,4H2,1-3H3. The van der Waals surface area contributed by atoms with Gasteiger partial charge in [0.15, 0.2) is 11.0 Å². The number of nitrogens with zero attached hydrogens (tertiary/aromatic N) is 5. The molecule has 0 spiro atoms. The van der Waals surface area contributed by atoms with Gasteiger partial charge in [0.25, 0.3) is 0 Å². The van der Waals surface area contributed by atoms with Gasteiger partial charge in [-0.1, -0.05) is 48.2 Å². The molecule has 0 fully saturated rings. The Kier molecular flexibility index (Phi) is 6.66. The molecule has 6 nitrogen and oxygen atoms in total. The van der Waals surface area contributed by atoms with Crippen LogP contribution < -0.4 is 4.90 Å². The van der Waals surface area contributed by atoms with Crippen molar-refractivity contribution < 1.29 is 4.79 Å². The molecule has 162 valence electrons. The number of aromatic nitrogens is 4. The minimum absolute atomic E-state index is 0.0333. The smallest absolute Gasteiger partial charge is 0.240 e. The van der Waals surface area contributed by atoms with E-state index in [0.29, 0.717) is 17.5 Å². The van der Waals surface area contributed by atoms with Crippen molar-refractivity contribution in [1.82, 2.24) is 19.7 Å². The van der Waals surface area contributed by atoms with E-state index in [1.54, 1.807) is 17.3 Å². The number of hydrogen-bond acceptors (Lipinski definition) is 5. The summed E-state index contributed by atoms with van der Waals surface area (Å²) in [6.45, 7) is 6.55. The molecule has 4 rings (SSSR count). The zero-order chi connectivity index (χ0) is 22.5. The van der Waals surface area contributed by atoms with Crippen LogP contribution in [0.3, 0.4) is 0 Å². The average Bonchev–Trinajstić information content (AvgIpc) is 3.24. The van der Waals surface area contributed by atoms with Crippen LogP contribution in [0.1, 0.15) is 19.4 Å². The molecule has 0 bridgehead atoms. The number of anilines is 1. The molecule has 2 aromatic heterocycles. The number of carbonyl (C=O) groups is 1. The van der Waals surface area contributed by atoms with E-state index in [0.717, 1.165) is 22.5 Å². The Morgan fingerprint density at radius 3 is 2.47 bits per heavy atom. The van der Waals surface area contributed by atoms with Crippen LogP contribution in [-0.4, -0.2) is 37.5 Å². The lowest BCUT2D eigenvalue weighted by atomic mass is 10.2. The van der Waals surface area contributed by atoms with Crippen molar-refractivity contribution in [2.45, 2.75) is 31.2 Å². The number of pyridine rings is 1. The summed E-state index contributed by atoms with van der Waals surface area (Å²) in [6, 6.07) is 21.7. The topological polar surface area (TPSA) is 63.9 Å². The number of thioether (sulfide) groups is 1. The Morgan fingerprint density at radius 2 is 1.78 bits per heavy atom. The third kappa shape index (κ3) is 4.43. The number of rotatable bonds is 7. The summed E-state index contributed by atoms with van der Waals surface area (Å²) in [7, 11) is 0. The maximum Gasteiger partial charge on any atom is 0.240 e. The van der Waals surface area contributed by atoms with Crippen LogP contribution in [0.15, 0.2) is 84.3 Å². The van der Waals surface area contributed by atoms with Gasteiger partial charge in [-0.2, -0.15) is 0 Å². The fourth-order valence-corrected chi connectivity index (χ4v) is 4.48. The highest BCUT2D eigenvalue weighted by molar-refractivity contribution is 8.00. The maximum absolute atomic E-state index is 13.3. The van der Waals surface area contributed by atoms with E-state index >= 15 is 0 Å². The number of carbonyl (C=O) groups excluding carboxylic acids is 1. The number of benzene rings is 2. The van der Waals surface area contributed by atoms with Crippen molar-refractivity contribution >= 4 is 23.4 Å². The lowest BCUT2D eigenvalue weighted by Gasteiger charge is -2.24. The highest BCUT2D eigenvalue weighted by Crippen LogP contribution is 2.32. The van der Waals surface area contributed by atoms with Gasteiger partial charge in [0.2, 0.25) is 5.91 Å². The van der Waals surface area contributed by atoms with Gasteiger partial charge >= 0.3 is 0 Å². The fraction of sp³-hybridized carbons (Fsp3) is 0.200. The minimum Gasteiger partial charge on any atom is -0.312 e. The number of para-hydroxylation sites is 2. The summed E-state index contributed by atoms with van der Waals surface area (Å²) in [5.41, 5.74) is 3.84. The lowest BCUT2D eigenvalue weighted by Crippen LogP contribution is -2.36. The van der Waals surface area contributed by atoms with E-state index in [1.807, 2.05) is 79.1 Å². The van der Waals surface area contributed by atoms with E-state index in [1.165, 1.54) is 11.8 Å². The van der Waals surface area contributed by atoms with Crippen molar-refractivity contribution in [3.05, 3.63) is 84.7 Å². The monoisotopic (exact) mass is 443 g/mol. The minimum atomic E-state index is -0.344. The third-order valence-electron chi connectivity index (χ3n) is 5.19. The van der Waals surface area contributed by atoms with Crippen LogP contribution in [0.5, 0.6) is 0 Å². The molecule has 1 atom stereocenters. The average molecular weight is 444 g/mol. The Morgan fingerprint density at radius 1 is 1.03 bits per heavy atom. The second-order valence-electron chi connectivity index (χ2n) is 7.35. The quantitative estimate of drug-likeness (QED) is 0.369. The van der Waals surface area contributed by atoms with Gasteiger partial charge in [-0.05, 0) is 56.7 Å². The molecule has 2 aromatic carbocycles. The second-order valence-corrected chi connectivity index (χ2v) is 8.66. The first-order chi connectivity index (χ1) is 15.6. The molecule has 0 aliphatic rings. The van der Waals surface area contributed by atoms with E-state index in [9.17, 15) is 4.79 Å². The maximum atomic E-state index is 13.3. The molecule has 0 N–H and O–H groups in total. The molecule has 0 radical (unpaired) electrons. The highest BCUT2D eigenvalue weighted by Gasteiger charge is 2.26. The second kappa shape index (κ2) is 9.78. The van der Waals surface area contributed by atoms with Gasteiger partial charge < -0.3 is 4.90 Å². The molecular formula is C25H25N5OS. The van der Waals surface area contributed by atoms with E-state index in [-0.39, 0.29) is 11.2 Å². The summed E-state index contributed by atoms with van der Waals surface area (Å²) in [4.78, 5) is 19.3. The molecule has 7 heteroatoms. The Bertz CT molecular complexity index is 1190. The van der Waals surface area contributed by atoms with Crippen LogP contribution in [0.2, 0.25) is 0 Å². The molecular weight excluding hydrogens is 418 g/mol. The first-order valence-corrected chi connectivity index (χ1v) is 11.4. The van der Waals surface area contributed by atoms with E-state index in [2.05, 4.69) is 28.2 Å². The van der Waals surface area contributed by atoms with E-state index < -0.39 is 0 Å². The molecule has 0 aliphatic carbocycles. The summed E-state index contributed by atoms with van der Waals surface area (Å²) in [5, 5.41) is 9.26. The van der Waals surface area contributed by atoms with Crippen molar-refractivity contribution in [1.29, 1.82) is 0 Å². The van der Waals surface area contributed by atoms with Crippen LogP contribution in [0.4, 0.5) is 5.69 Å². The molecule has 0 aliphatic heterocycles. The van der Waals surface area contributed by atoms with Crippen LogP contribution in [0, 0.1) is 6.92 Å². The summed E-state index contributed by atoms with van der Waals surface area (Å²) >= 11 is 1.41. The molecule has 0 saturated carbocycles. The summed E-state index contributed by atoms with van der Waals surface area (Å²) in [5.74, 6) is 0.732. The van der Waals surface area contributed by atoms with Gasteiger partial charge in [-0.3, -0.25) is 14.3 Å². The van der Waals surface area contributed by atoms with Crippen LogP contribution in [-0.2, 0) is 4.79 Å². The van der Waals surface area contributed by atoms with Crippen molar-refractivity contribution in [2.24, 2.45) is 0 Å². The molecule has 2 heterocycles. The van der Waals surface area contributed by atoms with Gasteiger partial charge in [0, 0.05) is 30.2 Å². The van der Waals surface area contributed by atoms with Crippen LogP contribution >= 0.6 is 11.8 Å². The third-order valence-corrected chi connectivity index (χ3v) is 6.22. The Balaban J connectivity index is 1.70. The predicted octanol–water partition coefficient (Wildman–Crippen LogP) is 5.17. The van der Waals surface area contributed by atoms with Crippen molar-refractivity contribution in [3.8, 4) is 17.1 Å². The normalized spacial score (nSPS) is 11.8. The highest BCUT2D eigenvalue weighted by atomic mass is 32.2. The molecule has 4 aromatic rings. The summed E-state index contributed by atoms with van der Waals surface area (Å²) in [6.07, 6.45) is 3.51. The molecule has 1 amide bonds. The first-order valence-electron chi connectivity index (χ1n) is 10.5. The largest absolute Gasteiger partial charge is 0.312 e. The van der Waals surface area contributed by atoms with E-state index in [4.69, 9.17) is 0 Å². The molecule has 0 saturated heterocycles. The predicted molar refractivity (Wildman–Crippen MR) is 129 cm³/mol. The van der Waals surface area contributed by atoms with Crippen molar-refractivity contribution in [3.63, 3.8) is 0 Å². The van der Waals surface area contributed by atoms with Crippen molar-refractivity contribution in [2.75, 3.05) is 11.4 Å². The summed E-state index contributed by atoms with van der Waals surface area (Å²) < 4.78 is 2.01. The fourth-order valence-electron chi connectivity index (χ4n) is 3.56. The first kappa shape index (κ1) is 21.8. The lowest BCUT2D eigenvalue weighted by molar-refractivity contribution is -0.117. The van der Waals surface area contributed by atoms with Gasteiger partial charge in [0.1, 0.15) is 0 Å². The zero-order valence-corrected chi connectivity index (χ0v) is 19.2. The molecule has 1 unspecified atom stereocenters. The Labute approximate surface area is 192 Å². The SMILES string of the molecule is CCN(C(=O)C(C)Sc1nnc(-c2cccnc2)n1-c1ccccc1C)c1ccccc1. The number of aryl methyl sites for hydroxylation is 1. The van der Waals surface area contributed by atoms with Crippen LogP contribution in [0.25, 0.3) is 17.1 Å². The van der Waals surface area contributed by atoms with Gasteiger partial charge in [-0.25, -0.2) is 0 Å². The number of hydrogen-bond donors (Lipinski definition) is 0.